The Balaban J connectivity index is 1.71. The van der Waals surface area contributed by atoms with E-state index in [4.69, 9.17) is 4.74 Å². The van der Waals surface area contributed by atoms with Crippen LogP contribution in [0, 0.1) is 6.92 Å². The highest BCUT2D eigenvalue weighted by Crippen LogP contribution is 2.27. The number of cyclic esters (lactones) is 1. The molecule has 1 aliphatic rings. The second kappa shape index (κ2) is 5.37. The lowest BCUT2D eigenvalue weighted by Crippen LogP contribution is -2.23. The van der Waals surface area contributed by atoms with Gasteiger partial charge >= 0.3 is 6.09 Å². The molecule has 3 nitrogen and oxygen atoms in total. The summed E-state index contributed by atoms with van der Waals surface area (Å²) >= 11 is 0. The molecule has 3 heteroatoms. The van der Waals surface area contributed by atoms with E-state index in [2.05, 4.69) is 19.1 Å². The number of hydrogen-bond donors (Lipinski definition) is 0. The zero-order chi connectivity index (χ0) is 13.9. The van der Waals surface area contributed by atoms with Crippen molar-refractivity contribution >= 4 is 6.09 Å². The molecule has 3 rings (SSSR count). The summed E-state index contributed by atoms with van der Waals surface area (Å²) < 4.78 is 5.45. The number of rotatable bonds is 3. The lowest BCUT2D eigenvalue weighted by atomic mass is 10.1. The van der Waals surface area contributed by atoms with Crippen molar-refractivity contribution in [3.8, 4) is 0 Å². The lowest BCUT2D eigenvalue weighted by molar-refractivity contribution is 0.132. The first kappa shape index (κ1) is 12.7. The van der Waals surface area contributed by atoms with Crippen molar-refractivity contribution in [2.45, 2.75) is 19.6 Å². The van der Waals surface area contributed by atoms with Gasteiger partial charge in [0, 0.05) is 6.54 Å². The fraction of sp³-hybridized carbons (Fsp3) is 0.235. The average Bonchev–Trinajstić information content (AvgIpc) is 2.81. The van der Waals surface area contributed by atoms with Crippen LogP contribution in [-0.4, -0.2) is 17.5 Å². The second-order valence-corrected chi connectivity index (χ2v) is 5.15. The molecule has 1 fully saturated rings. The highest BCUT2D eigenvalue weighted by molar-refractivity contribution is 5.70. The molecule has 0 saturated carbocycles. The van der Waals surface area contributed by atoms with E-state index in [-0.39, 0.29) is 12.2 Å². The molecule has 1 amide bonds. The van der Waals surface area contributed by atoms with E-state index in [0.29, 0.717) is 13.1 Å². The van der Waals surface area contributed by atoms with Crippen LogP contribution in [0.15, 0.2) is 54.6 Å². The molecule has 20 heavy (non-hydrogen) atoms. The van der Waals surface area contributed by atoms with Crippen molar-refractivity contribution in [3.63, 3.8) is 0 Å². The molecule has 0 radical (unpaired) electrons. The Kier molecular flexibility index (Phi) is 3.42. The van der Waals surface area contributed by atoms with Gasteiger partial charge in [0.05, 0.1) is 6.54 Å². The molecule has 1 saturated heterocycles. The summed E-state index contributed by atoms with van der Waals surface area (Å²) in [5.74, 6) is 0. The van der Waals surface area contributed by atoms with Crippen LogP contribution in [0.5, 0.6) is 0 Å². The van der Waals surface area contributed by atoms with Crippen LogP contribution < -0.4 is 0 Å². The molecule has 1 unspecified atom stereocenters. The molecule has 2 aromatic carbocycles. The largest absolute Gasteiger partial charge is 0.439 e. The van der Waals surface area contributed by atoms with Crippen LogP contribution in [0.3, 0.4) is 0 Å². The number of carbonyl (C=O) groups excluding carboxylic acids is 1. The highest BCUT2D eigenvalue weighted by Gasteiger charge is 2.31. The van der Waals surface area contributed by atoms with Crippen LogP contribution in [0.1, 0.15) is 22.8 Å². The molecular weight excluding hydrogens is 250 g/mol. The first-order valence-electron chi connectivity index (χ1n) is 6.78. The van der Waals surface area contributed by atoms with Gasteiger partial charge in [-0.2, -0.15) is 0 Å². The molecule has 1 atom stereocenters. The number of carbonyl (C=O) groups is 1. The summed E-state index contributed by atoms with van der Waals surface area (Å²) in [6.45, 7) is 3.26. The maximum atomic E-state index is 12.0. The van der Waals surface area contributed by atoms with Crippen molar-refractivity contribution in [1.29, 1.82) is 0 Å². The summed E-state index contributed by atoms with van der Waals surface area (Å²) in [5, 5.41) is 0. The van der Waals surface area contributed by atoms with E-state index >= 15 is 0 Å². The molecule has 0 bridgehead atoms. The zero-order valence-electron chi connectivity index (χ0n) is 11.5. The van der Waals surface area contributed by atoms with Crippen molar-refractivity contribution in [3.05, 3.63) is 71.3 Å². The maximum absolute atomic E-state index is 12.0. The first-order valence-corrected chi connectivity index (χ1v) is 6.78. The zero-order valence-corrected chi connectivity index (χ0v) is 11.5. The van der Waals surface area contributed by atoms with Gasteiger partial charge < -0.3 is 4.74 Å². The summed E-state index contributed by atoms with van der Waals surface area (Å²) in [4.78, 5) is 13.7. The van der Waals surface area contributed by atoms with Crippen molar-refractivity contribution in [1.82, 2.24) is 4.90 Å². The Morgan fingerprint density at radius 1 is 1.15 bits per heavy atom. The highest BCUT2D eigenvalue weighted by atomic mass is 16.6. The van der Waals surface area contributed by atoms with Gasteiger partial charge in [0.25, 0.3) is 0 Å². The Morgan fingerprint density at radius 3 is 2.70 bits per heavy atom. The fourth-order valence-corrected chi connectivity index (χ4v) is 2.51. The minimum atomic E-state index is -0.236. The summed E-state index contributed by atoms with van der Waals surface area (Å²) in [5.41, 5.74) is 3.39. The van der Waals surface area contributed by atoms with Crippen LogP contribution >= 0.6 is 0 Å². The SMILES string of the molecule is Cc1cccc(CN2CC(c3ccccc3)OC2=O)c1. The third-order valence-corrected chi connectivity index (χ3v) is 3.51. The molecule has 1 aliphatic heterocycles. The quantitative estimate of drug-likeness (QED) is 0.848. The van der Waals surface area contributed by atoms with Gasteiger partial charge in [-0.25, -0.2) is 4.79 Å². The molecule has 0 spiro atoms. The third kappa shape index (κ3) is 2.67. The minimum Gasteiger partial charge on any atom is -0.439 e. The van der Waals surface area contributed by atoms with E-state index in [1.807, 2.05) is 42.5 Å². The predicted molar refractivity (Wildman–Crippen MR) is 77.3 cm³/mol. The average molecular weight is 267 g/mol. The van der Waals surface area contributed by atoms with Gasteiger partial charge in [-0.3, -0.25) is 4.90 Å². The Labute approximate surface area is 118 Å². The van der Waals surface area contributed by atoms with Crippen molar-refractivity contribution < 1.29 is 9.53 Å². The topological polar surface area (TPSA) is 29.5 Å². The van der Waals surface area contributed by atoms with Crippen LogP contribution in [0.25, 0.3) is 0 Å². The molecular formula is C17H17NO2. The third-order valence-electron chi connectivity index (χ3n) is 3.51. The predicted octanol–water partition coefficient (Wildman–Crippen LogP) is 3.69. The van der Waals surface area contributed by atoms with Crippen molar-refractivity contribution in [2.24, 2.45) is 0 Å². The van der Waals surface area contributed by atoms with Crippen LogP contribution in [-0.2, 0) is 11.3 Å². The van der Waals surface area contributed by atoms with E-state index < -0.39 is 0 Å². The summed E-state index contributed by atoms with van der Waals surface area (Å²) in [6.07, 6.45) is -0.395. The maximum Gasteiger partial charge on any atom is 0.410 e. The van der Waals surface area contributed by atoms with Gasteiger partial charge in [0.2, 0.25) is 0 Å². The van der Waals surface area contributed by atoms with Crippen molar-refractivity contribution in [2.75, 3.05) is 6.54 Å². The molecule has 0 aliphatic carbocycles. The molecule has 0 aromatic heterocycles. The number of hydrogen-bond acceptors (Lipinski definition) is 2. The van der Waals surface area contributed by atoms with Crippen LogP contribution in [0.2, 0.25) is 0 Å². The van der Waals surface area contributed by atoms with E-state index in [9.17, 15) is 4.79 Å². The van der Waals surface area contributed by atoms with Gasteiger partial charge in [-0.05, 0) is 18.1 Å². The fourth-order valence-electron chi connectivity index (χ4n) is 2.51. The standard InChI is InChI=1S/C17H17NO2/c1-13-6-5-7-14(10-13)11-18-12-16(20-17(18)19)15-8-3-2-4-9-15/h2-10,16H,11-12H2,1H3. The smallest absolute Gasteiger partial charge is 0.410 e. The Hall–Kier alpha value is -2.29. The molecule has 102 valence electrons. The number of benzene rings is 2. The van der Waals surface area contributed by atoms with E-state index in [1.165, 1.54) is 5.56 Å². The second-order valence-electron chi connectivity index (χ2n) is 5.15. The van der Waals surface area contributed by atoms with Crippen LogP contribution in [0.4, 0.5) is 4.79 Å². The van der Waals surface area contributed by atoms with Gasteiger partial charge in [0.15, 0.2) is 0 Å². The molecule has 1 heterocycles. The summed E-state index contributed by atoms with van der Waals surface area (Å²) in [6, 6.07) is 18.1. The first-order chi connectivity index (χ1) is 9.72. The Morgan fingerprint density at radius 2 is 1.95 bits per heavy atom. The number of ether oxygens (including phenoxy) is 1. The van der Waals surface area contributed by atoms with E-state index in [1.54, 1.807) is 4.90 Å². The monoisotopic (exact) mass is 267 g/mol. The molecule has 0 N–H and O–H groups in total. The number of aryl methyl sites for hydroxylation is 1. The number of nitrogens with zero attached hydrogens (tertiary/aromatic N) is 1. The lowest BCUT2D eigenvalue weighted by Gasteiger charge is -2.13. The van der Waals surface area contributed by atoms with Gasteiger partial charge in [-0.1, -0.05) is 60.2 Å². The molecule has 2 aromatic rings. The van der Waals surface area contributed by atoms with Gasteiger partial charge in [-0.15, -0.1) is 0 Å². The van der Waals surface area contributed by atoms with Gasteiger partial charge in [0.1, 0.15) is 6.10 Å². The summed E-state index contributed by atoms with van der Waals surface area (Å²) in [7, 11) is 0. The van der Waals surface area contributed by atoms with E-state index in [0.717, 1.165) is 11.1 Å². The number of amides is 1. The Bertz CT molecular complexity index is 609. The normalized spacial score (nSPS) is 18.1. The minimum absolute atomic E-state index is 0.159.